The molecule has 1 fully saturated rings. The summed E-state index contributed by atoms with van der Waals surface area (Å²) < 4.78 is 0. The largest absolute Gasteiger partial charge is 0.394 e. The van der Waals surface area contributed by atoms with Gasteiger partial charge in [0, 0.05) is 5.69 Å². The summed E-state index contributed by atoms with van der Waals surface area (Å²) in [6, 6.07) is 3.61. The van der Waals surface area contributed by atoms with E-state index in [-0.39, 0.29) is 12.1 Å². The number of nitrogens with one attached hydrogen (secondary N) is 1. The van der Waals surface area contributed by atoms with Gasteiger partial charge in [0.15, 0.2) is 0 Å². The smallest absolute Gasteiger partial charge is 0.224 e. The van der Waals surface area contributed by atoms with E-state index in [1.807, 2.05) is 13.0 Å². The van der Waals surface area contributed by atoms with Crippen LogP contribution in [0, 0.1) is 18.3 Å². The van der Waals surface area contributed by atoms with E-state index in [2.05, 4.69) is 15.3 Å². The first-order chi connectivity index (χ1) is 7.17. The number of aliphatic hydroxyl groups is 1. The van der Waals surface area contributed by atoms with E-state index in [1.165, 1.54) is 0 Å². The number of aliphatic hydroxyl groups excluding tert-OH is 1. The lowest BCUT2D eigenvalue weighted by atomic mass is 10.3. The molecule has 15 heavy (non-hydrogen) atoms. The fourth-order valence-electron chi connectivity index (χ4n) is 1.39. The van der Waals surface area contributed by atoms with E-state index in [4.69, 9.17) is 10.4 Å². The second kappa shape index (κ2) is 3.48. The SMILES string of the molecule is Cc1cc(C#N)nc(NC2(CO)CC2)n1. The van der Waals surface area contributed by atoms with E-state index >= 15 is 0 Å². The predicted octanol–water partition coefficient (Wildman–Crippen LogP) is 0.594. The Labute approximate surface area is 87.8 Å². The summed E-state index contributed by atoms with van der Waals surface area (Å²) in [5.74, 6) is 0.429. The van der Waals surface area contributed by atoms with Crippen LogP contribution in [0.5, 0.6) is 0 Å². The van der Waals surface area contributed by atoms with Crippen LogP contribution in [0.4, 0.5) is 5.95 Å². The summed E-state index contributed by atoms with van der Waals surface area (Å²) in [4.78, 5) is 8.20. The lowest BCUT2D eigenvalue weighted by Gasteiger charge is -2.14. The highest BCUT2D eigenvalue weighted by atomic mass is 16.3. The third-order valence-electron chi connectivity index (χ3n) is 2.50. The Morgan fingerprint density at radius 3 is 2.87 bits per heavy atom. The van der Waals surface area contributed by atoms with Crippen LogP contribution >= 0.6 is 0 Å². The molecule has 1 heterocycles. The summed E-state index contributed by atoms with van der Waals surface area (Å²) >= 11 is 0. The molecule has 1 aromatic heterocycles. The first-order valence-electron chi connectivity index (χ1n) is 4.82. The molecule has 0 aliphatic heterocycles. The fourth-order valence-corrected chi connectivity index (χ4v) is 1.39. The Morgan fingerprint density at radius 1 is 1.60 bits per heavy atom. The Balaban J connectivity index is 2.22. The van der Waals surface area contributed by atoms with Crippen molar-refractivity contribution >= 4 is 5.95 Å². The number of nitriles is 1. The fraction of sp³-hybridized carbons (Fsp3) is 0.500. The molecule has 0 atom stereocenters. The molecule has 1 aliphatic rings. The summed E-state index contributed by atoms with van der Waals surface area (Å²) in [5.41, 5.74) is 0.845. The van der Waals surface area contributed by atoms with Gasteiger partial charge in [0.1, 0.15) is 11.8 Å². The van der Waals surface area contributed by atoms with Crippen molar-refractivity contribution in [2.75, 3.05) is 11.9 Å². The molecule has 0 saturated heterocycles. The second-order valence-electron chi connectivity index (χ2n) is 3.89. The van der Waals surface area contributed by atoms with Gasteiger partial charge in [0.2, 0.25) is 5.95 Å². The number of nitrogens with zero attached hydrogens (tertiary/aromatic N) is 3. The van der Waals surface area contributed by atoms with Crippen molar-refractivity contribution in [1.29, 1.82) is 5.26 Å². The molecule has 5 nitrogen and oxygen atoms in total. The predicted molar refractivity (Wildman–Crippen MR) is 54.2 cm³/mol. The van der Waals surface area contributed by atoms with Crippen molar-refractivity contribution in [3.63, 3.8) is 0 Å². The summed E-state index contributed by atoms with van der Waals surface area (Å²) in [7, 11) is 0. The topological polar surface area (TPSA) is 81.8 Å². The van der Waals surface area contributed by atoms with Crippen molar-refractivity contribution in [3.05, 3.63) is 17.5 Å². The van der Waals surface area contributed by atoms with Crippen molar-refractivity contribution in [1.82, 2.24) is 9.97 Å². The molecule has 0 spiro atoms. The number of aromatic nitrogens is 2. The Kier molecular flexibility index (Phi) is 2.29. The van der Waals surface area contributed by atoms with Crippen LogP contribution in [-0.4, -0.2) is 27.2 Å². The van der Waals surface area contributed by atoms with Crippen molar-refractivity contribution in [2.24, 2.45) is 0 Å². The molecule has 5 heteroatoms. The highest BCUT2D eigenvalue weighted by Crippen LogP contribution is 2.37. The van der Waals surface area contributed by atoms with Crippen LogP contribution in [0.1, 0.15) is 24.2 Å². The van der Waals surface area contributed by atoms with Gasteiger partial charge in [-0.05, 0) is 25.8 Å². The highest BCUT2D eigenvalue weighted by molar-refractivity contribution is 5.38. The number of hydrogen-bond acceptors (Lipinski definition) is 5. The maximum Gasteiger partial charge on any atom is 0.224 e. The number of hydrogen-bond donors (Lipinski definition) is 2. The third-order valence-corrected chi connectivity index (χ3v) is 2.50. The first-order valence-corrected chi connectivity index (χ1v) is 4.82. The number of anilines is 1. The Morgan fingerprint density at radius 2 is 2.33 bits per heavy atom. The van der Waals surface area contributed by atoms with Crippen LogP contribution in [0.15, 0.2) is 6.07 Å². The van der Waals surface area contributed by atoms with Crippen LogP contribution in [0.25, 0.3) is 0 Å². The molecule has 1 saturated carbocycles. The molecule has 78 valence electrons. The van der Waals surface area contributed by atoms with Crippen LogP contribution in [-0.2, 0) is 0 Å². The van der Waals surface area contributed by atoms with E-state index in [0.717, 1.165) is 18.5 Å². The minimum Gasteiger partial charge on any atom is -0.394 e. The summed E-state index contributed by atoms with van der Waals surface area (Å²) in [6.07, 6.45) is 1.84. The number of rotatable bonds is 3. The normalized spacial score (nSPS) is 16.9. The van der Waals surface area contributed by atoms with Gasteiger partial charge in [-0.15, -0.1) is 0 Å². The zero-order valence-electron chi connectivity index (χ0n) is 8.49. The lowest BCUT2D eigenvalue weighted by molar-refractivity contribution is 0.265. The monoisotopic (exact) mass is 204 g/mol. The van der Waals surface area contributed by atoms with Crippen molar-refractivity contribution < 1.29 is 5.11 Å². The van der Waals surface area contributed by atoms with Gasteiger partial charge in [-0.25, -0.2) is 9.97 Å². The maximum absolute atomic E-state index is 9.13. The molecule has 2 N–H and O–H groups in total. The molecule has 0 radical (unpaired) electrons. The lowest BCUT2D eigenvalue weighted by Crippen LogP contribution is -2.27. The minimum atomic E-state index is -0.249. The van der Waals surface area contributed by atoms with Gasteiger partial charge < -0.3 is 10.4 Å². The summed E-state index contributed by atoms with van der Waals surface area (Å²) in [5, 5.41) is 20.9. The summed E-state index contributed by atoms with van der Waals surface area (Å²) in [6.45, 7) is 1.89. The molecule has 1 aliphatic carbocycles. The van der Waals surface area contributed by atoms with Gasteiger partial charge in [-0.1, -0.05) is 0 Å². The average molecular weight is 204 g/mol. The average Bonchev–Trinajstić information content (AvgIpc) is 2.97. The molecule has 1 aromatic rings. The van der Waals surface area contributed by atoms with Gasteiger partial charge in [0.25, 0.3) is 0 Å². The van der Waals surface area contributed by atoms with Crippen LogP contribution < -0.4 is 5.32 Å². The van der Waals surface area contributed by atoms with Gasteiger partial charge in [-0.3, -0.25) is 0 Å². The third kappa shape index (κ3) is 2.05. The standard InChI is InChI=1S/C10H12N4O/c1-7-4-8(5-11)13-9(12-7)14-10(6-15)2-3-10/h4,15H,2-3,6H2,1H3,(H,12,13,14). The number of aryl methyl sites for hydroxylation is 1. The second-order valence-corrected chi connectivity index (χ2v) is 3.89. The van der Waals surface area contributed by atoms with Gasteiger partial charge >= 0.3 is 0 Å². The molecule has 2 rings (SSSR count). The van der Waals surface area contributed by atoms with E-state index in [0.29, 0.717) is 11.6 Å². The van der Waals surface area contributed by atoms with E-state index < -0.39 is 0 Å². The molecule has 0 unspecified atom stereocenters. The maximum atomic E-state index is 9.13. The molecule has 0 bridgehead atoms. The zero-order chi connectivity index (χ0) is 10.9. The van der Waals surface area contributed by atoms with Gasteiger partial charge in [0.05, 0.1) is 12.1 Å². The molecular formula is C10H12N4O. The van der Waals surface area contributed by atoms with Crippen molar-refractivity contribution in [3.8, 4) is 6.07 Å². The molecule has 0 amide bonds. The van der Waals surface area contributed by atoms with Crippen LogP contribution in [0.2, 0.25) is 0 Å². The Bertz CT molecular complexity index is 420. The van der Waals surface area contributed by atoms with Gasteiger partial charge in [-0.2, -0.15) is 5.26 Å². The highest BCUT2D eigenvalue weighted by Gasteiger charge is 2.42. The van der Waals surface area contributed by atoms with Crippen LogP contribution in [0.3, 0.4) is 0 Å². The van der Waals surface area contributed by atoms with E-state index in [9.17, 15) is 0 Å². The quantitative estimate of drug-likeness (QED) is 0.753. The minimum absolute atomic E-state index is 0.0756. The molecule has 0 aromatic carbocycles. The van der Waals surface area contributed by atoms with E-state index in [1.54, 1.807) is 6.07 Å². The first kappa shape index (κ1) is 9.87. The Hall–Kier alpha value is -1.67. The zero-order valence-corrected chi connectivity index (χ0v) is 8.49. The van der Waals surface area contributed by atoms with Crippen molar-refractivity contribution in [2.45, 2.75) is 25.3 Å². The molecular weight excluding hydrogens is 192 g/mol.